The van der Waals surface area contributed by atoms with E-state index in [1.54, 1.807) is 39.0 Å². The fraction of sp³-hybridized carbons (Fsp3) is 0.385. The molecule has 0 unspecified atom stereocenters. The first-order chi connectivity index (χ1) is 9.11. The average Bonchev–Trinajstić information content (AvgIpc) is 2.28. The molecule has 0 spiro atoms. The van der Waals surface area contributed by atoms with Gasteiger partial charge in [0.1, 0.15) is 6.04 Å². The van der Waals surface area contributed by atoms with Gasteiger partial charge in [-0.3, -0.25) is 0 Å². The summed E-state index contributed by atoms with van der Waals surface area (Å²) in [6.45, 7) is 5.24. The number of anilines is 1. The first kappa shape index (κ1) is 17.0. The van der Waals surface area contributed by atoms with E-state index in [9.17, 15) is 9.59 Å². The molecule has 0 saturated heterocycles. The van der Waals surface area contributed by atoms with E-state index in [0.29, 0.717) is 10.7 Å². The van der Waals surface area contributed by atoms with Crippen LogP contribution >= 0.6 is 34.2 Å². The molecule has 0 aliphatic carbocycles. The average molecular weight is 411 g/mol. The van der Waals surface area contributed by atoms with Gasteiger partial charge in [0.05, 0.1) is 5.69 Å². The Bertz CT molecular complexity index is 529. The van der Waals surface area contributed by atoms with Gasteiger partial charge in [-0.25, -0.2) is 9.59 Å². The van der Waals surface area contributed by atoms with Gasteiger partial charge in [-0.2, -0.15) is 0 Å². The van der Waals surface area contributed by atoms with Gasteiger partial charge < -0.3 is 15.7 Å². The van der Waals surface area contributed by atoms with E-state index < -0.39 is 23.5 Å². The number of hydrogen-bond donors (Lipinski definition) is 3. The summed E-state index contributed by atoms with van der Waals surface area (Å²) in [5.74, 6) is -1.07. The van der Waals surface area contributed by atoms with E-state index in [1.165, 1.54) is 0 Å². The molecule has 0 aliphatic rings. The minimum Gasteiger partial charge on any atom is -0.480 e. The molecular weight excluding hydrogens is 395 g/mol. The minimum absolute atomic E-state index is 0.562. The van der Waals surface area contributed by atoms with Crippen molar-refractivity contribution < 1.29 is 14.7 Å². The van der Waals surface area contributed by atoms with Crippen molar-refractivity contribution in [2.24, 2.45) is 5.41 Å². The van der Waals surface area contributed by atoms with E-state index in [4.69, 9.17) is 16.7 Å². The standard InChI is InChI=1S/C13H16ClIN2O3/c1-13(2,3)10(11(18)19)17-12(20)16-9-5-4-7(14)6-8(9)15/h4-6,10H,1-3H3,(H,18,19)(H2,16,17,20)/t10-/m0/s1. The largest absolute Gasteiger partial charge is 0.480 e. The van der Waals surface area contributed by atoms with Gasteiger partial charge in [0.25, 0.3) is 0 Å². The second-order valence-corrected chi connectivity index (χ2v) is 6.96. The van der Waals surface area contributed by atoms with Crippen molar-refractivity contribution in [2.75, 3.05) is 5.32 Å². The third-order valence-electron chi connectivity index (χ3n) is 2.57. The summed E-state index contributed by atoms with van der Waals surface area (Å²) in [6, 6.07) is 3.48. The van der Waals surface area contributed by atoms with Crippen molar-refractivity contribution in [3.63, 3.8) is 0 Å². The van der Waals surface area contributed by atoms with Crippen LogP contribution in [0.4, 0.5) is 10.5 Å². The van der Waals surface area contributed by atoms with Crippen molar-refractivity contribution >= 4 is 51.9 Å². The molecule has 0 fully saturated rings. The lowest BCUT2D eigenvalue weighted by Gasteiger charge is -2.27. The molecule has 1 aromatic carbocycles. The molecule has 3 N–H and O–H groups in total. The van der Waals surface area contributed by atoms with E-state index in [1.807, 2.05) is 22.6 Å². The van der Waals surface area contributed by atoms with Gasteiger partial charge in [-0.15, -0.1) is 0 Å². The molecule has 0 saturated carbocycles. The summed E-state index contributed by atoms with van der Waals surface area (Å²) >= 11 is 7.87. The number of amides is 2. The predicted octanol–water partition coefficient (Wildman–Crippen LogP) is 3.57. The number of halogens is 2. The van der Waals surface area contributed by atoms with Gasteiger partial charge in [0.2, 0.25) is 0 Å². The highest BCUT2D eigenvalue weighted by molar-refractivity contribution is 14.1. The first-order valence-corrected chi connectivity index (χ1v) is 7.32. The van der Waals surface area contributed by atoms with Crippen LogP contribution in [0.15, 0.2) is 18.2 Å². The fourth-order valence-corrected chi connectivity index (χ4v) is 2.54. The second-order valence-electron chi connectivity index (χ2n) is 5.36. The van der Waals surface area contributed by atoms with Gasteiger partial charge in [0.15, 0.2) is 0 Å². The van der Waals surface area contributed by atoms with Crippen LogP contribution in [0.1, 0.15) is 20.8 Å². The monoisotopic (exact) mass is 410 g/mol. The van der Waals surface area contributed by atoms with E-state index >= 15 is 0 Å². The van der Waals surface area contributed by atoms with Gasteiger partial charge in [0, 0.05) is 8.59 Å². The molecule has 20 heavy (non-hydrogen) atoms. The number of aliphatic carboxylic acids is 1. The molecule has 0 radical (unpaired) electrons. The van der Waals surface area contributed by atoms with Crippen molar-refractivity contribution in [1.82, 2.24) is 5.32 Å². The predicted molar refractivity (Wildman–Crippen MR) is 87.2 cm³/mol. The molecule has 1 aromatic rings. The first-order valence-electron chi connectivity index (χ1n) is 5.86. The summed E-state index contributed by atoms with van der Waals surface area (Å²) in [6.07, 6.45) is 0. The Morgan fingerprint density at radius 1 is 1.35 bits per heavy atom. The number of carbonyl (C=O) groups is 2. The number of nitrogens with one attached hydrogen (secondary N) is 2. The molecule has 110 valence electrons. The van der Waals surface area contributed by atoms with Crippen LogP contribution in [0.25, 0.3) is 0 Å². The zero-order chi connectivity index (χ0) is 15.5. The summed E-state index contributed by atoms with van der Waals surface area (Å²) in [5.41, 5.74) is -0.0124. The lowest BCUT2D eigenvalue weighted by Crippen LogP contribution is -2.50. The summed E-state index contributed by atoms with van der Waals surface area (Å²) in [4.78, 5) is 23.1. The van der Waals surface area contributed by atoms with Crippen molar-refractivity contribution in [3.8, 4) is 0 Å². The van der Waals surface area contributed by atoms with E-state index in [2.05, 4.69) is 10.6 Å². The Labute approximate surface area is 136 Å². The number of benzene rings is 1. The molecular formula is C13H16ClIN2O3. The molecule has 0 bridgehead atoms. The van der Waals surface area contributed by atoms with Gasteiger partial charge in [-0.1, -0.05) is 32.4 Å². The SMILES string of the molecule is CC(C)(C)[C@@H](NC(=O)Nc1ccc(Cl)cc1I)C(=O)O. The quantitative estimate of drug-likeness (QED) is 0.667. The number of carboxylic acid groups (broad SMARTS) is 1. The molecule has 1 rings (SSSR count). The Kier molecular flexibility index (Phi) is 5.64. The van der Waals surface area contributed by atoms with Crippen LogP contribution < -0.4 is 10.6 Å². The maximum Gasteiger partial charge on any atom is 0.326 e. The Balaban J connectivity index is 2.79. The van der Waals surface area contributed by atoms with Crippen LogP contribution in [0.3, 0.4) is 0 Å². The number of rotatable bonds is 3. The Hall–Kier alpha value is -1.02. The summed E-state index contributed by atoms with van der Waals surface area (Å²) in [7, 11) is 0. The van der Waals surface area contributed by atoms with Crippen LogP contribution in [-0.4, -0.2) is 23.1 Å². The van der Waals surface area contributed by atoms with Crippen LogP contribution in [0.2, 0.25) is 5.02 Å². The summed E-state index contributed by atoms with van der Waals surface area (Å²) in [5, 5.41) is 14.8. The lowest BCUT2D eigenvalue weighted by atomic mass is 9.87. The lowest BCUT2D eigenvalue weighted by molar-refractivity contribution is -0.141. The smallest absolute Gasteiger partial charge is 0.326 e. The number of hydrogen-bond acceptors (Lipinski definition) is 2. The Morgan fingerprint density at radius 3 is 2.40 bits per heavy atom. The van der Waals surface area contributed by atoms with E-state index in [0.717, 1.165) is 3.57 Å². The number of carboxylic acids is 1. The van der Waals surface area contributed by atoms with E-state index in [-0.39, 0.29) is 0 Å². The maximum absolute atomic E-state index is 11.9. The highest BCUT2D eigenvalue weighted by Gasteiger charge is 2.32. The molecule has 0 aromatic heterocycles. The van der Waals surface area contributed by atoms with Crippen LogP contribution in [0, 0.1) is 8.99 Å². The van der Waals surface area contributed by atoms with Crippen LogP contribution in [0.5, 0.6) is 0 Å². The van der Waals surface area contributed by atoms with Crippen LogP contribution in [-0.2, 0) is 4.79 Å². The second kappa shape index (κ2) is 6.62. The third-order valence-corrected chi connectivity index (χ3v) is 3.70. The van der Waals surface area contributed by atoms with Crippen molar-refractivity contribution in [2.45, 2.75) is 26.8 Å². The third kappa shape index (κ3) is 4.82. The molecule has 0 heterocycles. The molecule has 2 amide bonds. The fourth-order valence-electron chi connectivity index (χ4n) is 1.53. The molecule has 5 nitrogen and oxygen atoms in total. The highest BCUT2D eigenvalue weighted by atomic mass is 127. The van der Waals surface area contributed by atoms with Gasteiger partial charge >= 0.3 is 12.0 Å². The molecule has 1 atom stereocenters. The number of carbonyl (C=O) groups excluding carboxylic acids is 1. The topological polar surface area (TPSA) is 78.4 Å². The zero-order valence-electron chi connectivity index (χ0n) is 11.3. The highest BCUT2D eigenvalue weighted by Crippen LogP contribution is 2.23. The maximum atomic E-state index is 11.9. The molecule has 7 heteroatoms. The van der Waals surface area contributed by atoms with Gasteiger partial charge in [-0.05, 0) is 46.2 Å². The molecule has 0 aliphatic heterocycles. The summed E-state index contributed by atoms with van der Waals surface area (Å²) < 4.78 is 0.771. The number of urea groups is 1. The zero-order valence-corrected chi connectivity index (χ0v) is 14.2. The van der Waals surface area contributed by atoms with Crippen molar-refractivity contribution in [1.29, 1.82) is 0 Å². The van der Waals surface area contributed by atoms with Crippen molar-refractivity contribution in [3.05, 3.63) is 26.8 Å². The normalized spacial score (nSPS) is 12.7. The minimum atomic E-state index is -1.07. The Morgan fingerprint density at radius 2 is 1.95 bits per heavy atom.